The summed E-state index contributed by atoms with van der Waals surface area (Å²) in [6, 6.07) is 2.84. The predicted octanol–water partition coefficient (Wildman–Crippen LogP) is 0.849. The van der Waals surface area contributed by atoms with E-state index < -0.39 is 22.9 Å². The van der Waals surface area contributed by atoms with Crippen molar-refractivity contribution in [3.05, 3.63) is 35.4 Å². The van der Waals surface area contributed by atoms with Crippen molar-refractivity contribution in [2.24, 2.45) is 0 Å². The van der Waals surface area contributed by atoms with Gasteiger partial charge in [0, 0.05) is 23.9 Å². The maximum atomic E-state index is 12.5. The second-order valence-corrected chi connectivity index (χ2v) is 3.09. The van der Waals surface area contributed by atoms with Gasteiger partial charge in [0.05, 0.1) is 0 Å². The molecule has 0 fully saturated rings. The summed E-state index contributed by atoms with van der Waals surface area (Å²) in [6.45, 7) is -0.120. The summed E-state index contributed by atoms with van der Waals surface area (Å²) in [6.07, 6.45) is 0. The SMILES string of the molecule is O=S([O-])NCc1cc(F)cc(F)c1. The van der Waals surface area contributed by atoms with Gasteiger partial charge in [-0.05, 0) is 17.7 Å². The molecule has 13 heavy (non-hydrogen) atoms. The molecule has 1 N–H and O–H groups in total. The van der Waals surface area contributed by atoms with Crippen LogP contribution in [0.2, 0.25) is 0 Å². The maximum absolute atomic E-state index is 12.5. The molecule has 0 aliphatic heterocycles. The first-order valence-electron chi connectivity index (χ1n) is 3.35. The summed E-state index contributed by atoms with van der Waals surface area (Å²) in [5, 5.41) is 0. The quantitative estimate of drug-likeness (QED) is 0.745. The highest BCUT2D eigenvalue weighted by Gasteiger charge is 1.99. The summed E-state index contributed by atoms with van der Waals surface area (Å²) in [5.41, 5.74) is 0.238. The van der Waals surface area contributed by atoms with E-state index >= 15 is 0 Å². The molecule has 1 atom stereocenters. The molecule has 0 saturated carbocycles. The van der Waals surface area contributed by atoms with Crippen LogP contribution in [0.25, 0.3) is 0 Å². The zero-order chi connectivity index (χ0) is 9.84. The van der Waals surface area contributed by atoms with E-state index in [0.717, 1.165) is 18.2 Å². The van der Waals surface area contributed by atoms with Crippen molar-refractivity contribution in [2.75, 3.05) is 0 Å². The Hall–Kier alpha value is -0.850. The van der Waals surface area contributed by atoms with Crippen LogP contribution < -0.4 is 4.72 Å². The van der Waals surface area contributed by atoms with Crippen molar-refractivity contribution in [1.29, 1.82) is 0 Å². The molecule has 1 rings (SSSR count). The highest BCUT2D eigenvalue weighted by Crippen LogP contribution is 2.07. The van der Waals surface area contributed by atoms with Gasteiger partial charge in [-0.3, -0.25) is 4.21 Å². The van der Waals surface area contributed by atoms with E-state index in [0.29, 0.717) is 0 Å². The Morgan fingerprint density at radius 1 is 1.31 bits per heavy atom. The van der Waals surface area contributed by atoms with Crippen LogP contribution in [0.15, 0.2) is 18.2 Å². The molecule has 0 amide bonds. The number of halogens is 2. The zero-order valence-corrected chi connectivity index (χ0v) is 7.24. The van der Waals surface area contributed by atoms with Gasteiger partial charge in [0.25, 0.3) is 0 Å². The van der Waals surface area contributed by atoms with Crippen LogP contribution in [0.3, 0.4) is 0 Å². The lowest BCUT2D eigenvalue weighted by Crippen LogP contribution is -2.15. The molecule has 0 spiro atoms. The fourth-order valence-electron chi connectivity index (χ4n) is 0.855. The molecule has 6 heteroatoms. The van der Waals surface area contributed by atoms with Gasteiger partial charge in [-0.1, -0.05) is 0 Å². The zero-order valence-electron chi connectivity index (χ0n) is 6.42. The van der Waals surface area contributed by atoms with E-state index in [1.165, 1.54) is 0 Å². The Kier molecular flexibility index (Phi) is 3.47. The average Bonchev–Trinajstić information content (AvgIpc) is 1.99. The second-order valence-electron chi connectivity index (χ2n) is 2.33. The summed E-state index contributed by atoms with van der Waals surface area (Å²) in [4.78, 5) is 0. The summed E-state index contributed by atoms with van der Waals surface area (Å²) in [5.74, 6) is -1.46. The minimum atomic E-state index is -2.42. The lowest BCUT2D eigenvalue weighted by Gasteiger charge is -2.06. The van der Waals surface area contributed by atoms with Crippen molar-refractivity contribution in [2.45, 2.75) is 6.54 Å². The van der Waals surface area contributed by atoms with Gasteiger partial charge in [-0.25, -0.2) is 13.5 Å². The summed E-state index contributed by atoms with van der Waals surface area (Å²) in [7, 11) is 0. The van der Waals surface area contributed by atoms with Crippen LogP contribution in [-0.4, -0.2) is 8.76 Å². The van der Waals surface area contributed by atoms with Gasteiger partial charge in [-0.2, -0.15) is 0 Å². The van der Waals surface area contributed by atoms with Crippen LogP contribution in [0.4, 0.5) is 8.78 Å². The molecule has 0 aliphatic carbocycles. The first-order valence-corrected chi connectivity index (χ1v) is 4.43. The standard InChI is InChI=1S/C7H7F2NO2S/c8-6-1-5(2-7(9)3-6)4-10-13(11)12/h1-3,10H,4H2,(H,11,12)/p-1. The number of nitrogens with one attached hydrogen (secondary N) is 1. The third-order valence-corrected chi connectivity index (χ3v) is 1.70. The number of benzene rings is 1. The lowest BCUT2D eigenvalue weighted by atomic mass is 10.2. The molecule has 1 aromatic rings. The van der Waals surface area contributed by atoms with E-state index in [9.17, 15) is 17.5 Å². The number of rotatable bonds is 3. The van der Waals surface area contributed by atoms with Gasteiger partial charge >= 0.3 is 0 Å². The largest absolute Gasteiger partial charge is 0.760 e. The highest BCUT2D eigenvalue weighted by molar-refractivity contribution is 7.77. The lowest BCUT2D eigenvalue weighted by molar-refractivity contribution is 0.521. The molecule has 0 saturated heterocycles. The van der Waals surface area contributed by atoms with Crippen LogP contribution in [0, 0.1) is 11.6 Å². The second kappa shape index (κ2) is 4.40. The third kappa shape index (κ3) is 3.58. The summed E-state index contributed by atoms with van der Waals surface area (Å²) < 4.78 is 47.1. The van der Waals surface area contributed by atoms with Gasteiger partial charge < -0.3 is 4.55 Å². The van der Waals surface area contributed by atoms with Crippen molar-refractivity contribution in [3.8, 4) is 0 Å². The molecule has 1 aromatic carbocycles. The fraction of sp³-hybridized carbons (Fsp3) is 0.143. The van der Waals surface area contributed by atoms with Crippen LogP contribution >= 0.6 is 0 Å². The van der Waals surface area contributed by atoms with E-state index in [1.54, 1.807) is 0 Å². The maximum Gasteiger partial charge on any atom is 0.126 e. The molecule has 0 aromatic heterocycles. The molecule has 0 radical (unpaired) electrons. The van der Waals surface area contributed by atoms with Gasteiger partial charge in [-0.15, -0.1) is 0 Å². The molecule has 72 valence electrons. The van der Waals surface area contributed by atoms with Crippen LogP contribution in [-0.2, 0) is 17.8 Å². The summed E-state index contributed by atoms with van der Waals surface area (Å²) >= 11 is -2.42. The van der Waals surface area contributed by atoms with Crippen molar-refractivity contribution >= 4 is 11.3 Å². The van der Waals surface area contributed by atoms with Gasteiger partial charge in [0.2, 0.25) is 0 Å². The molecule has 3 nitrogen and oxygen atoms in total. The predicted molar refractivity (Wildman–Crippen MR) is 42.1 cm³/mol. The average molecular weight is 206 g/mol. The van der Waals surface area contributed by atoms with E-state index in [-0.39, 0.29) is 12.1 Å². The van der Waals surface area contributed by atoms with Gasteiger partial charge in [0.15, 0.2) is 0 Å². The van der Waals surface area contributed by atoms with E-state index in [4.69, 9.17) is 0 Å². The Morgan fingerprint density at radius 2 is 1.85 bits per heavy atom. The highest BCUT2D eigenvalue weighted by atomic mass is 32.2. The van der Waals surface area contributed by atoms with E-state index in [1.807, 2.05) is 4.72 Å². The van der Waals surface area contributed by atoms with Crippen LogP contribution in [0.5, 0.6) is 0 Å². The molecular weight excluding hydrogens is 200 g/mol. The first-order chi connectivity index (χ1) is 6.08. The smallest absolute Gasteiger partial charge is 0.126 e. The number of hydrogen-bond acceptors (Lipinski definition) is 2. The minimum Gasteiger partial charge on any atom is -0.760 e. The Labute approximate surface area is 76.2 Å². The fourth-order valence-corrected chi connectivity index (χ4v) is 1.14. The third-order valence-electron chi connectivity index (χ3n) is 1.32. The van der Waals surface area contributed by atoms with Crippen molar-refractivity contribution in [3.63, 3.8) is 0 Å². The van der Waals surface area contributed by atoms with E-state index in [2.05, 4.69) is 0 Å². The normalized spacial score (nSPS) is 12.8. The van der Waals surface area contributed by atoms with Gasteiger partial charge in [0.1, 0.15) is 11.6 Å². The van der Waals surface area contributed by atoms with Crippen molar-refractivity contribution < 1.29 is 17.5 Å². The number of hydrogen-bond donors (Lipinski definition) is 1. The molecule has 0 heterocycles. The topological polar surface area (TPSA) is 52.2 Å². The monoisotopic (exact) mass is 206 g/mol. The minimum absolute atomic E-state index is 0.120. The van der Waals surface area contributed by atoms with Crippen molar-refractivity contribution in [1.82, 2.24) is 4.72 Å². The molecular formula is C7H6F2NO2S-. The Balaban J connectivity index is 2.71. The Morgan fingerprint density at radius 3 is 2.31 bits per heavy atom. The molecule has 0 aliphatic rings. The molecule has 1 unspecified atom stereocenters. The first kappa shape index (κ1) is 10.2. The van der Waals surface area contributed by atoms with Crippen LogP contribution in [0.1, 0.15) is 5.56 Å². The Bertz CT molecular complexity index is 312. The molecule has 0 bridgehead atoms.